The van der Waals surface area contributed by atoms with E-state index in [1.54, 1.807) is 6.08 Å². The summed E-state index contributed by atoms with van der Waals surface area (Å²) < 4.78 is 0. The van der Waals surface area contributed by atoms with Crippen molar-refractivity contribution in [2.24, 2.45) is 16.8 Å². The lowest BCUT2D eigenvalue weighted by Gasteiger charge is -2.35. The molecule has 3 rings (SSSR count). The third-order valence-electron chi connectivity index (χ3n) is 7.68. The van der Waals surface area contributed by atoms with Crippen molar-refractivity contribution in [1.82, 2.24) is 0 Å². The van der Waals surface area contributed by atoms with Gasteiger partial charge in [0.15, 0.2) is 0 Å². The van der Waals surface area contributed by atoms with Crippen LogP contribution in [0.1, 0.15) is 102 Å². The largest absolute Gasteiger partial charge is 0.285 e. The maximum absolute atomic E-state index is 6.58. The van der Waals surface area contributed by atoms with Crippen molar-refractivity contribution in [3.8, 4) is 11.8 Å². The van der Waals surface area contributed by atoms with Crippen LogP contribution in [-0.4, -0.2) is 12.3 Å². The molecule has 1 aromatic carbocycles. The molecule has 0 N–H and O–H groups in total. The van der Waals surface area contributed by atoms with Crippen LogP contribution in [0.5, 0.6) is 0 Å². The number of benzene rings is 1. The molecule has 0 radical (unpaired) electrons. The van der Waals surface area contributed by atoms with E-state index < -0.39 is 0 Å². The average Bonchev–Trinajstić information content (AvgIpc) is 2.96. The summed E-state index contributed by atoms with van der Waals surface area (Å²) in [6, 6.07) is 6.59. The molecule has 1 fully saturated rings. The molecule has 0 saturated heterocycles. The van der Waals surface area contributed by atoms with Crippen molar-refractivity contribution >= 4 is 23.4 Å². The van der Waals surface area contributed by atoms with Gasteiger partial charge in [-0.05, 0) is 71.4 Å². The standard InChI is InChI=1S/C32H42ClN/c1-6-9-11-17-28-30-20-26(33)18-19-27(30)24(5)29(25-15-12-10-13-16-25)21-31(28)32(14-7-2)34-22-23(4)8-3/h8,18-20,22,24-25,29,32H,3-4,6-7,9-10,12-16,21H2,1-2,5H3. The van der Waals surface area contributed by atoms with Crippen LogP contribution in [0.4, 0.5) is 0 Å². The Morgan fingerprint density at radius 2 is 1.97 bits per heavy atom. The Balaban J connectivity index is 2.22. The molecule has 2 aliphatic carbocycles. The number of hydrogen-bond acceptors (Lipinski definition) is 1. The van der Waals surface area contributed by atoms with E-state index in [1.165, 1.54) is 54.4 Å². The molecule has 2 heteroatoms. The zero-order chi connectivity index (χ0) is 24.5. The highest BCUT2D eigenvalue weighted by Gasteiger charge is 2.36. The number of halogens is 1. The van der Waals surface area contributed by atoms with E-state index in [9.17, 15) is 0 Å². The van der Waals surface area contributed by atoms with E-state index in [0.717, 1.165) is 48.6 Å². The smallest absolute Gasteiger partial charge is 0.0724 e. The van der Waals surface area contributed by atoms with Crippen LogP contribution in [0, 0.1) is 23.7 Å². The fourth-order valence-electron chi connectivity index (χ4n) is 5.79. The Kier molecular flexibility index (Phi) is 10.3. The second-order valence-corrected chi connectivity index (χ2v) is 10.5. The van der Waals surface area contributed by atoms with E-state index in [-0.39, 0.29) is 6.04 Å². The Hall–Kier alpha value is -2.04. The van der Waals surface area contributed by atoms with Gasteiger partial charge in [-0.1, -0.05) is 108 Å². The average molecular weight is 476 g/mol. The molecule has 34 heavy (non-hydrogen) atoms. The summed E-state index contributed by atoms with van der Waals surface area (Å²) in [4.78, 5) is 5.07. The van der Waals surface area contributed by atoms with Gasteiger partial charge in [-0.3, -0.25) is 4.99 Å². The van der Waals surface area contributed by atoms with Crippen LogP contribution < -0.4 is 0 Å². The van der Waals surface area contributed by atoms with E-state index >= 15 is 0 Å². The number of allylic oxidation sites excluding steroid dienone is 3. The number of rotatable bonds is 8. The molecule has 182 valence electrons. The van der Waals surface area contributed by atoms with Gasteiger partial charge < -0.3 is 0 Å². The first-order valence-electron chi connectivity index (χ1n) is 13.4. The zero-order valence-electron chi connectivity index (χ0n) is 21.5. The molecule has 0 spiro atoms. The summed E-state index contributed by atoms with van der Waals surface area (Å²) in [6.45, 7) is 14.8. The molecule has 2 aliphatic rings. The van der Waals surface area contributed by atoms with Gasteiger partial charge in [0, 0.05) is 23.2 Å². The minimum atomic E-state index is 0.107. The molecule has 0 heterocycles. The molecule has 0 bridgehead atoms. The van der Waals surface area contributed by atoms with Crippen molar-refractivity contribution in [2.45, 2.75) is 96.9 Å². The van der Waals surface area contributed by atoms with Gasteiger partial charge >= 0.3 is 0 Å². The third-order valence-corrected chi connectivity index (χ3v) is 7.92. The maximum atomic E-state index is 6.58. The Labute approximate surface area is 213 Å². The molecule has 1 saturated carbocycles. The topological polar surface area (TPSA) is 12.4 Å². The fraction of sp³-hybridized carbons (Fsp3) is 0.531. The minimum absolute atomic E-state index is 0.107. The lowest BCUT2D eigenvalue weighted by Crippen LogP contribution is -2.25. The van der Waals surface area contributed by atoms with E-state index in [4.69, 9.17) is 16.6 Å². The van der Waals surface area contributed by atoms with Crippen molar-refractivity contribution in [2.75, 3.05) is 0 Å². The number of fused-ring (bicyclic) bond motifs is 1. The monoisotopic (exact) mass is 475 g/mol. The van der Waals surface area contributed by atoms with Crippen molar-refractivity contribution in [1.29, 1.82) is 0 Å². The Morgan fingerprint density at radius 1 is 1.21 bits per heavy atom. The zero-order valence-corrected chi connectivity index (χ0v) is 22.3. The molecule has 3 unspecified atom stereocenters. The number of nitrogens with zero attached hydrogens (tertiary/aromatic N) is 1. The lowest BCUT2D eigenvalue weighted by molar-refractivity contribution is 0.218. The summed E-state index contributed by atoms with van der Waals surface area (Å²) in [7, 11) is 0. The van der Waals surface area contributed by atoms with E-state index in [1.807, 2.05) is 6.21 Å². The van der Waals surface area contributed by atoms with E-state index in [2.05, 4.69) is 64.0 Å². The molecule has 0 aromatic heterocycles. The van der Waals surface area contributed by atoms with Gasteiger partial charge in [0.05, 0.1) is 6.04 Å². The number of unbranched alkanes of at least 4 members (excludes halogenated alkanes) is 1. The van der Waals surface area contributed by atoms with E-state index in [0.29, 0.717) is 11.8 Å². The normalized spacial score (nSPS) is 22.0. The summed E-state index contributed by atoms with van der Waals surface area (Å²) >= 11 is 6.58. The fourth-order valence-corrected chi connectivity index (χ4v) is 5.96. The first-order chi connectivity index (χ1) is 16.5. The summed E-state index contributed by atoms with van der Waals surface area (Å²) in [5, 5.41) is 0.784. The molecule has 0 amide bonds. The molecular formula is C32H42ClN. The van der Waals surface area contributed by atoms with Crippen molar-refractivity contribution in [3.63, 3.8) is 0 Å². The molecular weight excluding hydrogens is 434 g/mol. The van der Waals surface area contributed by atoms with Gasteiger partial charge in [0.1, 0.15) is 0 Å². The van der Waals surface area contributed by atoms with Crippen LogP contribution in [0.25, 0.3) is 5.57 Å². The summed E-state index contributed by atoms with van der Waals surface area (Å²) in [6.07, 6.45) is 15.6. The number of hydrogen-bond donors (Lipinski definition) is 0. The van der Waals surface area contributed by atoms with Crippen molar-refractivity contribution in [3.05, 3.63) is 64.7 Å². The minimum Gasteiger partial charge on any atom is -0.285 e. The SMILES string of the molecule is C=CC(=C)C=NC(CCC)C1=C(C#CCCC)c2cc(Cl)ccc2C(C)C(C2CCCCC2)C1. The van der Waals surface area contributed by atoms with Crippen LogP contribution in [0.15, 0.2) is 53.6 Å². The Bertz CT molecular complexity index is 980. The first kappa shape index (κ1) is 26.6. The van der Waals surface area contributed by atoms with Gasteiger partial charge in [0.25, 0.3) is 0 Å². The van der Waals surface area contributed by atoms with Crippen LogP contribution in [0.2, 0.25) is 5.02 Å². The number of aliphatic imine (C=N–C) groups is 1. The van der Waals surface area contributed by atoms with Gasteiger partial charge in [-0.15, -0.1) is 0 Å². The molecule has 0 aliphatic heterocycles. The van der Waals surface area contributed by atoms with Gasteiger partial charge in [0.2, 0.25) is 0 Å². The highest BCUT2D eigenvalue weighted by atomic mass is 35.5. The Morgan fingerprint density at radius 3 is 2.65 bits per heavy atom. The van der Waals surface area contributed by atoms with Crippen LogP contribution in [-0.2, 0) is 0 Å². The van der Waals surface area contributed by atoms with Crippen molar-refractivity contribution < 1.29 is 0 Å². The summed E-state index contributed by atoms with van der Waals surface area (Å²) in [5.41, 5.74) is 6.08. The highest BCUT2D eigenvalue weighted by Crippen LogP contribution is 2.48. The molecule has 3 atom stereocenters. The van der Waals surface area contributed by atoms with Gasteiger partial charge in [-0.25, -0.2) is 0 Å². The third kappa shape index (κ3) is 6.55. The second-order valence-electron chi connectivity index (χ2n) is 10.1. The van der Waals surface area contributed by atoms with Crippen LogP contribution >= 0.6 is 11.6 Å². The molecule has 1 nitrogen and oxygen atoms in total. The predicted octanol–water partition coefficient (Wildman–Crippen LogP) is 9.58. The van der Waals surface area contributed by atoms with Gasteiger partial charge in [-0.2, -0.15) is 0 Å². The summed E-state index contributed by atoms with van der Waals surface area (Å²) in [5.74, 6) is 8.95. The maximum Gasteiger partial charge on any atom is 0.0724 e. The lowest BCUT2D eigenvalue weighted by atomic mass is 9.70. The molecule has 1 aromatic rings. The second kappa shape index (κ2) is 13.2. The quantitative estimate of drug-likeness (QED) is 0.201. The highest BCUT2D eigenvalue weighted by molar-refractivity contribution is 6.30. The first-order valence-corrected chi connectivity index (χ1v) is 13.7. The van der Waals surface area contributed by atoms with Crippen LogP contribution in [0.3, 0.4) is 0 Å². The predicted molar refractivity (Wildman–Crippen MR) is 151 cm³/mol.